The van der Waals surface area contributed by atoms with Crippen LogP contribution >= 0.6 is 0 Å². The van der Waals surface area contributed by atoms with Gasteiger partial charge in [-0.05, 0) is 63.4 Å². The molecular weight excluding hydrogens is 466 g/mol. The zero-order valence-corrected chi connectivity index (χ0v) is 21.0. The Morgan fingerprint density at radius 1 is 1.14 bits per heavy atom. The maximum Gasteiger partial charge on any atom is 0.241 e. The molecule has 1 aliphatic rings. The fourth-order valence-electron chi connectivity index (χ4n) is 4.45. The Hall–Kier alpha value is -3.01. The number of nitrogens with one attached hydrogen (secondary N) is 2. The van der Waals surface area contributed by atoms with Crippen molar-refractivity contribution < 1.29 is 22.4 Å². The van der Waals surface area contributed by atoms with Gasteiger partial charge in [0.2, 0.25) is 15.9 Å². The summed E-state index contributed by atoms with van der Waals surface area (Å²) in [5, 5.41) is 3.58. The molecule has 2 aromatic carbocycles. The van der Waals surface area contributed by atoms with Crippen LogP contribution in [0.1, 0.15) is 42.8 Å². The topological polar surface area (TPSA) is 109 Å². The fourth-order valence-corrected chi connectivity index (χ4v) is 5.57. The average Bonchev–Trinajstić information content (AvgIpc) is 3.21. The summed E-state index contributed by atoms with van der Waals surface area (Å²) in [6.07, 6.45) is 1.74. The van der Waals surface area contributed by atoms with Crippen LogP contribution in [0.2, 0.25) is 0 Å². The second-order valence-electron chi connectivity index (χ2n) is 9.19. The van der Waals surface area contributed by atoms with Gasteiger partial charge in [-0.1, -0.05) is 29.8 Å². The standard InChI is InChI=1S/C26H31N3O5S/c1-17-10-12-21(13-11-17)35(32,33)27-15-20-7-6-14-29(16-20)18(2)26(31)28-24-22-8-4-5-9-23(22)34-25(24)19(3)30/h4-5,8-13,18,20,27H,6-7,14-16H2,1-3H3,(H,28,31). The Morgan fingerprint density at radius 2 is 1.86 bits per heavy atom. The molecule has 0 saturated carbocycles. The molecule has 1 saturated heterocycles. The summed E-state index contributed by atoms with van der Waals surface area (Å²) in [5.41, 5.74) is 1.93. The van der Waals surface area contributed by atoms with Crippen LogP contribution < -0.4 is 10.0 Å². The van der Waals surface area contributed by atoms with Crippen LogP contribution in [-0.4, -0.2) is 50.7 Å². The molecule has 1 amide bonds. The Morgan fingerprint density at radius 3 is 2.57 bits per heavy atom. The highest BCUT2D eigenvalue weighted by atomic mass is 32.2. The van der Waals surface area contributed by atoms with E-state index < -0.39 is 16.1 Å². The molecular formula is C26H31N3O5S. The van der Waals surface area contributed by atoms with Crippen LogP contribution in [0, 0.1) is 12.8 Å². The van der Waals surface area contributed by atoms with E-state index in [4.69, 9.17) is 4.42 Å². The minimum Gasteiger partial charge on any atom is -0.451 e. The number of nitrogens with zero attached hydrogens (tertiary/aromatic N) is 1. The van der Waals surface area contributed by atoms with Crippen LogP contribution in [0.25, 0.3) is 11.0 Å². The van der Waals surface area contributed by atoms with Crippen molar-refractivity contribution in [2.75, 3.05) is 25.0 Å². The number of amides is 1. The minimum absolute atomic E-state index is 0.0850. The number of rotatable bonds is 8. The first-order valence-corrected chi connectivity index (χ1v) is 13.3. The normalized spacial score (nSPS) is 17.9. The number of hydrogen-bond donors (Lipinski definition) is 2. The SMILES string of the molecule is CC(=O)c1oc2ccccc2c1NC(=O)C(C)N1CCCC(CNS(=O)(=O)c2ccc(C)cc2)C1. The zero-order chi connectivity index (χ0) is 25.2. The van der Waals surface area contributed by atoms with Crippen LogP contribution in [0.15, 0.2) is 57.8 Å². The van der Waals surface area contributed by atoms with E-state index in [9.17, 15) is 18.0 Å². The summed E-state index contributed by atoms with van der Waals surface area (Å²) in [7, 11) is -3.59. The number of hydrogen-bond acceptors (Lipinski definition) is 6. The lowest BCUT2D eigenvalue weighted by molar-refractivity contribution is -0.121. The Labute approximate surface area is 205 Å². The van der Waals surface area contributed by atoms with Crippen molar-refractivity contribution in [1.29, 1.82) is 0 Å². The first-order valence-electron chi connectivity index (χ1n) is 11.8. The molecule has 4 rings (SSSR count). The van der Waals surface area contributed by atoms with Crippen molar-refractivity contribution in [1.82, 2.24) is 9.62 Å². The molecule has 186 valence electrons. The van der Waals surface area contributed by atoms with Crippen LogP contribution in [0.5, 0.6) is 0 Å². The highest BCUT2D eigenvalue weighted by molar-refractivity contribution is 7.89. The van der Waals surface area contributed by atoms with E-state index >= 15 is 0 Å². The molecule has 0 radical (unpaired) electrons. The van der Waals surface area contributed by atoms with Crippen molar-refractivity contribution in [3.63, 3.8) is 0 Å². The van der Waals surface area contributed by atoms with Gasteiger partial charge in [-0.3, -0.25) is 14.5 Å². The third-order valence-electron chi connectivity index (χ3n) is 6.53. The van der Waals surface area contributed by atoms with Gasteiger partial charge in [0.1, 0.15) is 5.58 Å². The van der Waals surface area contributed by atoms with Gasteiger partial charge in [0.15, 0.2) is 11.5 Å². The monoisotopic (exact) mass is 497 g/mol. The van der Waals surface area contributed by atoms with Gasteiger partial charge >= 0.3 is 0 Å². The van der Waals surface area contributed by atoms with E-state index in [1.807, 2.05) is 32.0 Å². The number of carbonyl (C=O) groups excluding carboxylic acids is 2. The fraction of sp³-hybridized carbons (Fsp3) is 0.385. The molecule has 35 heavy (non-hydrogen) atoms. The lowest BCUT2D eigenvalue weighted by Gasteiger charge is -2.36. The van der Waals surface area contributed by atoms with Gasteiger partial charge in [0.05, 0.1) is 16.6 Å². The number of Topliss-reactive ketones (excluding diaryl/α,β-unsaturated/α-hetero) is 1. The average molecular weight is 498 g/mol. The molecule has 2 heterocycles. The van der Waals surface area contributed by atoms with Gasteiger partial charge in [-0.25, -0.2) is 13.1 Å². The van der Waals surface area contributed by atoms with E-state index in [0.29, 0.717) is 29.7 Å². The predicted molar refractivity (Wildman–Crippen MR) is 135 cm³/mol. The molecule has 1 aliphatic heterocycles. The molecule has 2 N–H and O–H groups in total. The van der Waals surface area contributed by atoms with E-state index in [-0.39, 0.29) is 28.3 Å². The number of piperidine rings is 1. The van der Waals surface area contributed by atoms with Crippen molar-refractivity contribution in [2.45, 2.75) is 44.6 Å². The number of fused-ring (bicyclic) bond motifs is 1. The molecule has 3 aromatic rings. The van der Waals surface area contributed by atoms with Gasteiger partial charge in [-0.2, -0.15) is 0 Å². The second kappa shape index (κ2) is 10.3. The molecule has 2 atom stereocenters. The molecule has 0 spiro atoms. The van der Waals surface area contributed by atoms with Crippen molar-refractivity contribution in [2.24, 2.45) is 5.92 Å². The molecule has 2 unspecified atom stereocenters. The van der Waals surface area contributed by atoms with Gasteiger partial charge in [0.25, 0.3) is 0 Å². The van der Waals surface area contributed by atoms with Crippen LogP contribution in [0.4, 0.5) is 5.69 Å². The highest BCUT2D eigenvalue weighted by Crippen LogP contribution is 2.31. The number of aryl methyl sites for hydroxylation is 1. The number of benzene rings is 2. The Kier molecular flexibility index (Phi) is 7.39. The smallest absolute Gasteiger partial charge is 0.241 e. The number of carbonyl (C=O) groups is 2. The quantitative estimate of drug-likeness (QED) is 0.456. The summed E-state index contributed by atoms with van der Waals surface area (Å²) in [4.78, 5) is 27.5. The molecule has 0 bridgehead atoms. The third kappa shape index (κ3) is 5.63. The Bertz CT molecular complexity index is 1330. The summed E-state index contributed by atoms with van der Waals surface area (Å²) in [6, 6.07) is 13.5. The van der Waals surface area contributed by atoms with E-state index in [2.05, 4.69) is 14.9 Å². The first-order chi connectivity index (χ1) is 16.7. The van der Waals surface area contributed by atoms with Crippen molar-refractivity contribution in [3.05, 3.63) is 59.9 Å². The molecule has 0 aliphatic carbocycles. The highest BCUT2D eigenvalue weighted by Gasteiger charge is 2.30. The van der Waals surface area contributed by atoms with Gasteiger partial charge < -0.3 is 9.73 Å². The first kappa shape index (κ1) is 25.1. The maximum atomic E-state index is 13.1. The van der Waals surface area contributed by atoms with Crippen molar-refractivity contribution >= 4 is 38.4 Å². The molecule has 1 fully saturated rings. The second-order valence-corrected chi connectivity index (χ2v) is 11.0. The zero-order valence-electron chi connectivity index (χ0n) is 20.2. The maximum absolute atomic E-state index is 13.1. The number of anilines is 1. The number of sulfonamides is 1. The lowest BCUT2D eigenvalue weighted by atomic mass is 9.97. The summed E-state index contributed by atoms with van der Waals surface area (Å²) >= 11 is 0. The van der Waals surface area contributed by atoms with Gasteiger partial charge in [-0.15, -0.1) is 0 Å². The van der Waals surface area contributed by atoms with Crippen LogP contribution in [0.3, 0.4) is 0 Å². The third-order valence-corrected chi connectivity index (χ3v) is 7.97. The number of furan rings is 1. The molecule has 1 aromatic heterocycles. The summed E-state index contributed by atoms with van der Waals surface area (Å²) in [5.74, 6) is -0.279. The van der Waals surface area contributed by atoms with Crippen LogP contribution in [-0.2, 0) is 14.8 Å². The minimum atomic E-state index is -3.59. The number of ketones is 1. The number of para-hydroxylation sites is 1. The van der Waals surface area contributed by atoms with E-state index in [1.165, 1.54) is 6.92 Å². The lowest BCUT2D eigenvalue weighted by Crippen LogP contribution is -2.49. The van der Waals surface area contributed by atoms with Crippen molar-refractivity contribution in [3.8, 4) is 0 Å². The summed E-state index contributed by atoms with van der Waals surface area (Å²) < 4.78 is 33.7. The van der Waals surface area contributed by atoms with E-state index in [1.54, 1.807) is 30.3 Å². The number of likely N-dealkylation sites (tertiary alicyclic amines) is 1. The largest absolute Gasteiger partial charge is 0.451 e. The molecule has 9 heteroatoms. The Balaban J connectivity index is 1.40. The summed E-state index contributed by atoms with van der Waals surface area (Å²) in [6.45, 7) is 6.78. The van der Waals surface area contributed by atoms with Gasteiger partial charge in [0, 0.05) is 25.4 Å². The molecule has 8 nitrogen and oxygen atoms in total. The van der Waals surface area contributed by atoms with E-state index in [0.717, 1.165) is 24.9 Å². The predicted octanol–water partition coefficient (Wildman–Crippen LogP) is 3.96.